The fourth-order valence-electron chi connectivity index (χ4n) is 3.97. The second kappa shape index (κ2) is 9.65. The molecule has 1 amide bonds. The predicted molar refractivity (Wildman–Crippen MR) is 101 cm³/mol. The summed E-state index contributed by atoms with van der Waals surface area (Å²) in [5.74, 6) is 1.40. The summed E-state index contributed by atoms with van der Waals surface area (Å²) in [7, 11) is 0. The fraction of sp³-hybridized carbons (Fsp3) is 0.944. The number of hydrogen-bond acceptors (Lipinski definition) is 4. The number of thioether (sulfide) groups is 1. The van der Waals surface area contributed by atoms with E-state index in [1.807, 2.05) is 11.8 Å². The first-order chi connectivity index (χ1) is 11.7. The zero-order valence-corrected chi connectivity index (χ0v) is 16.1. The van der Waals surface area contributed by atoms with Crippen molar-refractivity contribution >= 4 is 29.3 Å². The highest BCUT2D eigenvalue weighted by Gasteiger charge is 2.30. The molecule has 0 aromatic rings. The van der Waals surface area contributed by atoms with Crippen molar-refractivity contribution in [1.82, 2.24) is 10.2 Å². The number of nitrogens with one attached hydrogen (secondary N) is 1. The lowest BCUT2D eigenvalue weighted by Crippen LogP contribution is -2.53. The molecule has 1 aliphatic carbocycles. The third kappa shape index (κ3) is 5.52. The zero-order chi connectivity index (χ0) is 16.8. The molecule has 0 aromatic heterocycles. The Morgan fingerprint density at radius 3 is 2.62 bits per heavy atom. The minimum Gasteiger partial charge on any atom is -0.368 e. The summed E-state index contributed by atoms with van der Waals surface area (Å²) >= 11 is 8.17. The molecule has 1 N–H and O–H groups in total. The highest BCUT2D eigenvalue weighted by Crippen LogP contribution is 2.28. The lowest BCUT2D eigenvalue weighted by atomic mass is 9.97. The Kier molecular flexibility index (Phi) is 7.56. The van der Waals surface area contributed by atoms with Crippen molar-refractivity contribution in [3.63, 3.8) is 0 Å². The number of piperidine rings is 1. The molecule has 3 aliphatic rings. The van der Waals surface area contributed by atoms with Gasteiger partial charge in [-0.2, -0.15) is 11.8 Å². The molecule has 3 fully saturated rings. The van der Waals surface area contributed by atoms with Gasteiger partial charge >= 0.3 is 0 Å². The molecule has 24 heavy (non-hydrogen) atoms. The van der Waals surface area contributed by atoms with Gasteiger partial charge in [0.05, 0.1) is 12.3 Å². The van der Waals surface area contributed by atoms with Crippen LogP contribution in [0, 0.1) is 0 Å². The predicted octanol–water partition coefficient (Wildman–Crippen LogP) is 3.38. The van der Waals surface area contributed by atoms with Crippen LogP contribution >= 0.6 is 23.4 Å². The van der Waals surface area contributed by atoms with Gasteiger partial charge in [-0.25, -0.2) is 0 Å². The van der Waals surface area contributed by atoms with E-state index in [0.717, 1.165) is 45.2 Å². The van der Waals surface area contributed by atoms with Gasteiger partial charge in [0.15, 0.2) is 0 Å². The van der Waals surface area contributed by atoms with Gasteiger partial charge in [0.25, 0.3) is 0 Å². The summed E-state index contributed by atoms with van der Waals surface area (Å²) in [5.41, 5.74) is 0. The molecule has 2 unspecified atom stereocenters. The number of carbonyl (C=O) groups is 1. The maximum Gasteiger partial charge on any atom is 0.249 e. The van der Waals surface area contributed by atoms with Crippen molar-refractivity contribution < 1.29 is 9.53 Å². The van der Waals surface area contributed by atoms with E-state index in [4.69, 9.17) is 16.3 Å². The number of halogens is 1. The third-order valence-electron chi connectivity index (χ3n) is 5.45. The van der Waals surface area contributed by atoms with Crippen LogP contribution in [-0.4, -0.2) is 59.2 Å². The minimum absolute atomic E-state index is 0.162. The van der Waals surface area contributed by atoms with E-state index in [9.17, 15) is 4.79 Å². The average molecular weight is 375 g/mol. The van der Waals surface area contributed by atoms with Crippen LogP contribution in [0.15, 0.2) is 0 Å². The molecule has 0 spiro atoms. The van der Waals surface area contributed by atoms with Gasteiger partial charge in [0.2, 0.25) is 5.91 Å². The fourth-order valence-corrected chi connectivity index (χ4v) is 5.49. The van der Waals surface area contributed by atoms with Gasteiger partial charge < -0.3 is 9.64 Å². The molecule has 3 rings (SSSR count). The van der Waals surface area contributed by atoms with Gasteiger partial charge in [-0.15, -0.1) is 11.6 Å². The summed E-state index contributed by atoms with van der Waals surface area (Å²) in [5, 5.41) is 4.44. The molecule has 2 saturated heterocycles. The quantitative estimate of drug-likeness (QED) is 0.723. The van der Waals surface area contributed by atoms with E-state index in [1.54, 1.807) is 0 Å². The van der Waals surface area contributed by atoms with Crippen molar-refractivity contribution in [2.45, 2.75) is 80.7 Å². The molecular weight excluding hydrogens is 344 g/mol. The first kappa shape index (κ1) is 18.8. The van der Waals surface area contributed by atoms with Crippen molar-refractivity contribution in [3.8, 4) is 0 Å². The zero-order valence-electron chi connectivity index (χ0n) is 14.6. The third-order valence-corrected chi connectivity index (χ3v) is 7.27. The molecule has 2 heterocycles. The Morgan fingerprint density at radius 2 is 1.96 bits per heavy atom. The maximum absolute atomic E-state index is 12.9. The number of amides is 1. The first-order valence-corrected chi connectivity index (χ1v) is 11.1. The number of hydrogen-bond donors (Lipinski definition) is 1. The van der Waals surface area contributed by atoms with Crippen LogP contribution in [0.5, 0.6) is 0 Å². The minimum atomic E-state index is 0.162. The largest absolute Gasteiger partial charge is 0.368 e. The average Bonchev–Trinajstić information content (AvgIpc) is 3.13. The molecule has 2 atom stereocenters. The molecule has 1 saturated carbocycles. The van der Waals surface area contributed by atoms with Crippen LogP contribution < -0.4 is 5.32 Å². The SMILES string of the molecule is O=C(COC1CCC(Cl)CC1)N(CC1CCCS1)C1CCCCN1. The molecular formula is C18H31ClN2O2S. The van der Waals surface area contributed by atoms with Crippen molar-refractivity contribution in [2.24, 2.45) is 0 Å². The van der Waals surface area contributed by atoms with Crippen LogP contribution in [0.3, 0.4) is 0 Å². The van der Waals surface area contributed by atoms with Crippen LogP contribution in [0.2, 0.25) is 0 Å². The lowest BCUT2D eigenvalue weighted by Gasteiger charge is -2.37. The smallest absolute Gasteiger partial charge is 0.249 e. The van der Waals surface area contributed by atoms with Gasteiger partial charge in [0.1, 0.15) is 6.61 Å². The Morgan fingerprint density at radius 1 is 1.12 bits per heavy atom. The van der Waals surface area contributed by atoms with E-state index in [0.29, 0.717) is 10.6 Å². The number of carbonyl (C=O) groups excluding carboxylic acids is 1. The number of alkyl halides is 1. The summed E-state index contributed by atoms with van der Waals surface area (Å²) < 4.78 is 5.94. The van der Waals surface area contributed by atoms with Gasteiger partial charge in [-0.05, 0) is 70.1 Å². The second-order valence-electron chi connectivity index (χ2n) is 7.33. The summed E-state index contributed by atoms with van der Waals surface area (Å²) in [6.45, 7) is 2.12. The van der Waals surface area contributed by atoms with Crippen LogP contribution in [0.4, 0.5) is 0 Å². The van der Waals surface area contributed by atoms with E-state index < -0.39 is 0 Å². The molecule has 2 aliphatic heterocycles. The Hall–Kier alpha value is 0.0300. The van der Waals surface area contributed by atoms with E-state index >= 15 is 0 Å². The molecule has 4 nitrogen and oxygen atoms in total. The van der Waals surface area contributed by atoms with Gasteiger partial charge in [0, 0.05) is 17.2 Å². The van der Waals surface area contributed by atoms with Crippen molar-refractivity contribution in [2.75, 3.05) is 25.4 Å². The molecule has 138 valence electrons. The van der Waals surface area contributed by atoms with Crippen LogP contribution in [0.1, 0.15) is 57.8 Å². The molecule has 0 aromatic carbocycles. The van der Waals surface area contributed by atoms with Crippen molar-refractivity contribution in [3.05, 3.63) is 0 Å². The second-order valence-corrected chi connectivity index (χ2v) is 9.36. The van der Waals surface area contributed by atoms with E-state index in [2.05, 4.69) is 10.2 Å². The van der Waals surface area contributed by atoms with Crippen LogP contribution in [-0.2, 0) is 9.53 Å². The first-order valence-electron chi connectivity index (χ1n) is 9.62. The Bertz CT molecular complexity index is 392. The summed E-state index contributed by atoms with van der Waals surface area (Å²) in [6.07, 6.45) is 10.4. The Labute approximate surface area is 155 Å². The lowest BCUT2D eigenvalue weighted by molar-refractivity contribution is -0.142. The normalized spacial score (nSPS) is 34.2. The van der Waals surface area contributed by atoms with Gasteiger partial charge in [-0.1, -0.05) is 0 Å². The molecule has 0 radical (unpaired) electrons. The van der Waals surface area contributed by atoms with E-state index in [1.165, 1.54) is 31.4 Å². The Balaban J connectivity index is 1.51. The molecule has 6 heteroatoms. The highest BCUT2D eigenvalue weighted by molar-refractivity contribution is 8.00. The standard InChI is InChI=1S/C18H31ClN2O2S/c19-14-6-8-15(9-7-14)23-13-18(22)21(12-16-4-3-11-24-16)17-5-1-2-10-20-17/h14-17,20H,1-13H2. The summed E-state index contributed by atoms with van der Waals surface area (Å²) in [4.78, 5) is 14.9. The van der Waals surface area contributed by atoms with Crippen LogP contribution in [0.25, 0.3) is 0 Å². The topological polar surface area (TPSA) is 41.6 Å². The number of ether oxygens (including phenoxy) is 1. The summed E-state index contributed by atoms with van der Waals surface area (Å²) in [6, 6.07) is 0. The number of rotatable bonds is 6. The maximum atomic E-state index is 12.9. The van der Waals surface area contributed by atoms with Crippen molar-refractivity contribution in [1.29, 1.82) is 0 Å². The monoisotopic (exact) mass is 374 g/mol. The van der Waals surface area contributed by atoms with Gasteiger partial charge in [-0.3, -0.25) is 10.1 Å². The van der Waals surface area contributed by atoms with E-state index in [-0.39, 0.29) is 24.8 Å². The highest BCUT2D eigenvalue weighted by atomic mass is 35.5. The molecule has 0 bridgehead atoms. The number of nitrogens with zero attached hydrogens (tertiary/aromatic N) is 1.